The second-order valence-electron chi connectivity index (χ2n) is 6.39. The van der Waals surface area contributed by atoms with Crippen LogP contribution in [0.5, 0.6) is 0 Å². The number of amides is 1. The van der Waals surface area contributed by atoms with Crippen LogP contribution in [-0.2, 0) is 16.8 Å². The molecule has 0 radical (unpaired) electrons. The van der Waals surface area contributed by atoms with E-state index in [1.165, 1.54) is 4.57 Å². The number of hydrogen-bond acceptors (Lipinski definition) is 6. The van der Waals surface area contributed by atoms with Crippen LogP contribution in [0.2, 0.25) is 0 Å². The lowest BCUT2D eigenvalue weighted by atomic mass is 10.1. The highest BCUT2D eigenvalue weighted by molar-refractivity contribution is 7.09. The number of nitrogens with zero attached hydrogens (tertiary/aromatic N) is 3. The molecule has 0 bridgehead atoms. The second-order valence-corrected chi connectivity index (χ2v) is 7.15. The normalized spacial score (nSPS) is 15.2. The van der Waals surface area contributed by atoms with Crippen molar-refractivity contribution in [3.63, 3.8) is 0 Å². The van der Waals surface area contributed by atoms with Crippen molar-refractivity contribution in [2.24, 2.45) is 0 Å². The van der Waals surface area contributed by atoms with Crippen molar-refractivity contribution in [1.29, 1.82) is 0 Å². The van der Waals surface area contributed by atoms with Crippen molar-refractivity contribution in [2.75, 3.05) is 5.32 Å². The molecule has 4 rings (SSSR count). The minimum absolute atomic E-state index is 0.0333. The average Bonchev–Trinajstić information content (AvgIpc) is 3.15. The van der Waals surface area contributed by atoms with Crippen LogP contribution in [0.25, 0.3) is 10.9 Å². The molecule has 1 aromatic carbocycles. The summed E-state index contributed by atoms with van der Waals surface area (Å²) in [7, 11) is 0. The average molecular weight is 357 g/mol. The Kier molecular flexibility index (Phi) is 3.53. The fraction of sp³-hybridized carbons (Fsp3) is 0.312. The molecule has 1 aliphatic carbocycles. The molecular formula is C16H15N5O3S. The summed E-state index contributed by atoms with van der Waals surface area (Å²) in [4.78, 5) is 42.8. The molecule has 128 valence electrons. The number of benzene rings is 1. The van der Waals surface area contributed by atoms with E-state index in [9.17, 15) is 14.4 Å². The van der Waals surface area contributed by atoms with Gasteiger partial charge in [-0.2, -0.15) is 4.37 Å². The van der Waals surface area contributed by atoms with Crippen LogP contribution >= 0.6 is 11.5 Å². The molecule has 3 aromatic rings. The summed E-state index contributed by atoms with van der Waals surface area (Å²) in [6.45, 7) is 1.87. The van der Waals surface area contributed by atoms with Gasteiger partial charge in [0.1, 0.15) is 6.54 Å². The minimum Gasteiger partial charge on any atom is -0.299 e. The van der Waals surface area contributed by atoms with Crippen molar-refractivity contribution in [3.05, 3.63) is 50.9 Å². The number of carbonyl (C=O) groups excluding carboxylic acids is 1. The minimum atomic E-state index is -0.623. The highest BCUT2D eigenvalue weighted by atomic mass is 32.1. The third-order valence-electron chi connectivity index (χ3n) is 4.42. The molecule has 0 unspecified atom stereocenters. The lowest BCUT2D eigenvalue weighted by Crippen LogP contribution is -2.34. The van der Waals surface area contributed by atoms with E-state index in [4.69, 9.17) is 0 Å². The van der Waals surface area contributed by atoms with Crippen LogP contribution in [-0.4, -0.2) is 24.8 Å². The van der Waals surface area contributed by atoms with Crippen LogP contribution in [0, 0.1) is 0 Å². The molecule has 25 heavy (non-hydrogen) atoms. The Balaban J connectivity index is 1.59. The first-order chi connectivity index (χ1) is 12.0. The van der Waals surface area contributed by atoms with Gasteiger partial charge in [-0.1, -0.05) is 19.1 Å². The molecular weight excluding hydrogens is 342 g/mol. The monoisotopic (exact) mass is 357 g/mol. The summed E-state index contributed by atoms with van der Waals surface area (Å²) in [5, 5.41) is 3.44. The first kappa shape index (κ1) is 15.7. The van der Waals surface area contributed by atoms with E-state index in [2.05, 4.69) is 26.6 Å². The molecule has 1 aliphatic rings. The quantitative estimate of drug-likeness (QED) is 0.730. The number of rotatable bonds is 4. The Hall–Kier alpha value is -2.81. The van der Waals surface area contributed by atoms with Gasteiger partial charge in [0.15, 0.2) is 5.82 Å². The summed E-state index contributed by atoms with van der Waals surface area (Å²) in [5.74, 6) is 0.349. The molecule has 0 atom stereocenters. The molecule has 1 fully saturated rings. The Morgan fingerprint density at radius 3 is 2.88 bits per heavy atom. The van der Waals surface area contributed by atoms with Crippen LogP contribution in [0.4, 0.5) is 5.13 Å². The SMILES string of the molecule is CC1(c2nsc(NC(=O)Cn3c(=O)[nH]c(=O)c4ccccc43)n2)CC1. The lowest BCUT2D eigenvalue weighted by molar-refractivity contribution is -0.116. The van der Waals surface area contributed by atoms with Gasteiger partial charge >= 0.3 is 5.69 Å². The summed E-state index contributed by atoms with van der Waals surface area (Å²) < 4.78 is 5.52. The lowest BCUT2D eigenvalue weighted by Gasteiger charge is -2.08. The van der Waals surface area contributed by atoms with Crippen LogP contribution in [0.3, 0.4) is 0 Å². The first-order valence-electron chi connectivity index (χ1n) is 7.82. The zero-order chi connectivity index (χ0) is 17.6. The summed E-state index contributed by atoms with van der Waals surface area (Å²) in [6.07, 6.45) is 2.10. The van der Waals surface area contributed by atoms with Crippen molar-refractivity contribution in [3.8, 4) is 0 Å². The molecule has 2 aromatic heterocycles. The smallest absolute Gasteiger partial charge is 0.299 e. The molecule has 2 heterocycles. The Morgan fingerprint density at radius 2 is 2.12 bits per heavy atom. The van der Waals surface area contributed by atoms with Gasteiger partial charge in [0.25, 0.3) is 5.56 Å². The number of hydrogen-bond donors (Lipinski definition) is 2. The number of carbonyl (C=O) groups is 1. The molecule has 0 saturated heterocycles. The maximum Gasteiger partial charge on any atom is 0.329 e. The van der Waals surface area contributed by atoms with Gasteiger partial charge in [0.2, 0.25) is 11.0 Å². The Labute approximate surface area is 145 Å². The number of aromatic amines is 1. The summed E-state index contributed by atoms with van der Waals surface area (Å²) in [6, 6.07) is 6.66. The number of nitrogens with one attached hydrogen (secondary N) is 2. The van der Waals surface area contributed by atoms with Crippen molar-refractivity contribution in [2.45, 2.75) is 31.7 Å². The summed E-state index contributed by atoms with van der Waals surface area (Å²) >= 11 is 1.13. The Bertz CT molecular complexity index is 1090. The van der Waals surface area contributed by atoms with E-state index in [1.54, 1.807) is 24.3 Å². The van der Waals surface area contributed by atoms with E-state index in [-0.39, 0.29) is 12.0 Å². The zero-order valence-corrected chi connectivity index (χ0v) is 14.2. The fourth-order valence-electron chi connectivity index (χ4n) is 2.63. The van der Waals surface area contributed by atoms with E-state index in [1.807, 2.05) is 0 Å². The van der Waals surface area contributed by atoms with Gasteiger partial charge in [-0.3, -0.25) is 24.5 Å². The van der Waals surface area contributed by atoms with Crippen molar-refractivity contribution in [1.82, 2.24) is 18.9 Å². The van der Waals surface area contributed by atoms with Gasteiger partial charge in [0.05, 0.1) is 10.9 Å². The standard InChI is InChI=1S/C16H15N5O3S/c1-16(6-7-16)13-19-14(25-20-13)17-11(22)8-21-10-5-3-2-4-9(10)12(23)18-15(21)24/h2-5H,6-8H2,1H3,(H,18,23,24)(H,17,19,20,22). The molecule has 0 spiro atoms. The van der Waals surface area contributed by atoms with Gasteiger partial charge in [-0.15, -0.1) is 0 Å². The topological polar surface area (TPSA) is 110 Å². The number of H-pyrrole nitrogens is 1. The largest absolute Gasteiger partial charge is 0.329 e. The number of para-hydroxylation sites is 1. The van der Waals surface area contributed by atoms with Gasteiger partial charge in [-0.05, 0) is 25.0 Å². The maximum atomic E-state index is 12.3. The highest BCUT2D eigenvalue weighted by Gasteiger charge is 2.42. The zero-order valence-electron chi connectivity index (χ0n) is 13.4. The van der Waals surface area contributed by atoms with E-state index in [0.717, 1.165) is 30.2 Å². The third kappa shape index (κ3) is 2.86. The molecule has 2 N–H and O–H groups in total. The van der Waals surface area contributed by atoms with Gasteiger partial charge < -0.3 is 0 Å². The first-order valence-corrected chi connectivity index (χ1v) is 8.59. The molecule has 1 saturated carbocycles. The highest BCUT2D eigenvalue weighted by Crippen LogP contribution is 2.46. The molecule has 0 aliphatic heterocycles. The summed E-state index contributed by atoms with van der Waals surface area (Å²) in [5.41, 5.74) is -0.647. The van der Waals surface area contributed by atoms with Crippen molar-refractivity contribution < 1.29 is 4.79 Å². The Morgan fingerprint density at radius 1 is 1.36 bits per heavy atom. The second kappa shape index (κ2) is 5.62. The van der Waals surface area contributed by atoms with E-state index >= 15 is 0 Å². The van der Waals surface area contributed by atoms with E-state index < -0.39 is 17.2 Å². The molecule has 8 nitrogen and oxygen atoms in total. The van der Waals surface area contributed by atoms with E-state index in [0.29, 0.717) is 16.0 Å². The van der Waals surface area contributed by atoms with Crippen LogP contribution in [0.15, 0.2) is 33.9 Å². The number of anilines is 1. The number of aromatic nitrogens is 4. The predicted octanol–water partition coefficient (Wildman–Crippen LogP) is 1.23. The van der Waals surface area contributed by atoms with Gasteiger partial charge in [0, 0.05) is 16.9 Å². The van der Waals surface area contributed by atoms with Crippen LogP contribution in [0.1, 0.15) is 25.6 Å². The van der Waals surface area contributed by atoms with Crippen molar-refractivity contribution >= 4 is 33.5 Å². The fourth-order valence-corrected chi connectivity index (χ4v) is 3.35. The number of fused-ring (bicyclic) bond motifs is 1. The molecule has 9 heteroatoms. The molecule has 1 amide bonds. The van der Waals surface area contributed by atoms with Crippen LogP contribution < -0.4 is 16.6 Å². The third-order valence-corrected chi connectivity index (χ3v) is 5.05. The van der Waals surface area contributed by atoms with Gasteiger partial charge in [-0.25, -0.2) is 9.78 Å². The predicted molar refractivity (Wildman–Crippen MR) is 94.0 cm³/mol. The maximum absolute atomic E-state index is 12.3.